The minimum Gasteiger partial charge on any atom is -0.460 e. The maximum Gasteiger partial charge on any atom is 0.438 e. The molecule has 1 heterocycles. The summed E-state index contributed by atoms with van der Waals surface area (Å²) in [5.74, 6) is -12.3. The molecule has 3 rings (SSSR count). The van der Waals surface area contributed by atoms with Gasteiger partial charge in [-0.3, -0.25) is 18.9 Å². The van der Waals surface area contributed by atoms with Gasteiger partial charge < -0.3 is 14.4 Å². The van der Waals surface area contributed by atoms with E-state index in [2.05, 4.69) is 4.74 Å². The molecule has 2 aliphatic carbocycles. The van der Waals surface area contributed by atoms with Crippen LogP contribution < -0.4 is 0 Å². The van der Waals surface area contributed by atoms with Crippen LogP contribution in [-0.4, -0.2) is 77.6 Å². The van der Waals surface area contributed by atoms with E-state index in [9.17, 15) is 49.1 Å². The first kappa shape index (κ1) is 28.5. The molecule has 1 aliphatic heterocycles. The molecule has 0 aromatic rings. The van der Waals surface area contributed by atoms with Gasteiger partial charge in [-0.05, 0) is 26.2 Å². The molecule has 1 N–H and O–H groups in total. The first-order valence-electron chi connectivity index (χ1n) is 11.0. The van der Waals surface area contributed by atoms with Gasteiger partial charge in [0.25, 0.3) is 10.1 Å². The van der Waals surface area contributed by atoms with Crippen LogP contribution in [0.25, 0.3) is 0 Å². The highest BCUT2D eigenvalue weighted by Gasteiger charge is 2.78. The molecule has 16 heteroatoms. The predicted octanol–water partition coefficient (Wildman–Crippen LogP) is 2.35. The second kappa shape index (κ2) is 8.74. The number of ether oxygens (including phenoxy) is 2. The fraction of sp³-hybridized carbons (Fsp3) is 0.850. The molecule has 206 valence electrons. The first-order valence-corrected chi connectivity index (χ1v) is 12.6. The summed E-state index contributed by atoms with van der Waals surface area (Å²) in [6.45, 7) is 6.19. The number of carbonyl (C=O) groups excluding carboxylic acids is 3. The van der Waals surface area contributed by atoms with Crippen LogP contribution in [0.3, 0.4) is 0 Å². The van der Waals surface area contributed by atoms with Crippen LogP contribution in [0.1, 0.15) is 34.1 Å². The number of rotatable bonds is 7. The molecule has 1 amide bonds. The average molecular weight is 553 g/mol. The number of hydrogen-bond donors (Lipinski definition) is 1. The summed E-state index contributed by atoms with van der Waals surface area (Å²) in [6, 6.07) is -1.22. The Morgan fingerprint density at radius 3 is 2.00 bits per heavy atom. The third-order valence-electron chi connectivity index (χ3n) is 7.04. The highest BCUT2D eigenvalue weighted by Crippen LogP contribution is 2.61. The Morgan fingerprint density at radius 2 is 1.58 bits per heavy atom. The van der Waals surface area contributed by atoms with E-state index in [0.717, 1.165) is 0 Å². The molecule has 36 heavy (non-hydrogen) atoms. The van der Waals surface area contributed by atoms with Gasteiger partial charge in [-0.15, -0.1) is 0 Å². The smallest absolute Gasteiger partial charge is 0.438 e. The largest absolute Gasteiger partial charge is 0.460 e. The molecule has 2 saturated carbocycles. The molecule has 9 nitrogen and oxygen atoms in total. The number of likely N-dealkylation sites (tertiary alicyclic amines) is 1. The summed E-state index contributed by atoms with van der Waals surface area (Å²) in [7, 11) is -5.97. The monoisotopic (exact) mass is 553 g/mol. The van der Waals surface area contributed by atoms with Gasteiger partial charge in [0.15, 0.2) is 0 Å². The molecular weight excluding hydrogens is 528 g/mol. The number of alkyl halides is 6. The number of hydrogen-bond acceptors (Lipinski definition) is 7. The fourth-order valence-corrected chi connectivity index (χ4v) is 6.56. The van der Waals surface area contributed by atoms with Crippen LogP contribution in [0.5, 0.6) is 0 Å². The second-order valence-electron chi connectivity index (χ2n) is 9.97. The van der Waals surface area contributed by atoms with Gasteiger partial charge in [-0.1, -0.05) is 13.8 Å². The summed E-state index contributed by atoms with van der Waals surface area (Å²) in [5, 5.41) is 0. The lowest BCUT2D eigenvalue weighted by Gasteiger charge is -2.38. The molecule has 6 unspecified atom stereocenters. The van der Waals surface area contributed by atoms with Gasteiger partial charge in [0, 0.05) is 12.0 Å². The number of fused-ring (bicyclic) bond motifs is 1. The van der Waals surface area contributed by atoms with Crippen molar-refractivity contribution in [1.29, 1.82) is 0 Å². The minimum absolute atomic E-state index is 0.0105. The van der Waals surface area contributed by atoms with Crippen LogP contribution >= 0.6 is 0 Å². The van der Waals surface area contributed by atoms with Crippen molar-refractivity contribution in [3.05, 3.63) is 0 Å². The van der Waals surface area contributed by atoms with Crippen molar-refractivity contribution in [3.63, 3.8) is 0 Å². The molecule has 0 aromatic heterocycles. The van der Waals surface area contributed by atoms with Gasteiger partial charge >= 0.3 is 29.9 Å². The minimum atomic E-state index is -6.50. The van der Waals surface area contributed by atoms with Crippen LogP contribution in [0.4, 0.5) is 26.3 Å². The van der Waals surface area contributed by atoms with Crippen molar-refractivity contribution in [2.75, 3.05) is 5.75 Å². The van der Waals surface area contributed by atoms with Crippen molar-refractivity contribution < 1.29 is 63.2 Å². The Balaban J connectivity index is 2.06. The second-order valence-corrected chi connectivity index (χ2v) is 11.4. The van der Waals surface area contributed by atoms with Gasteiger partial charge in [0.1, 0.15) is 11.9 Å². The molecule has 3 aliphatic rings. The lowest BCUT2D eigenvalue weighted by molar-refractivity contribution is -0.362. The standard InChI is InChI=1S/C20H25F6NO8S/c1-7(2)16(29)34-14-10-5-9-11(15(28)27(8(3)4)13(9)14)12(10)17(30)35-18(19(21,22)23,20(24,25)26)6-36(31,32)33/h7-14H,5-6H2,1-4H3,(H,31,32,33). The number of nitrogens with zero attached hydrogens (tertiary/aromatic N) is 1. The molecule has 1 saturated heterocycles. The topological polar surface area (TPSA) is 127 Å². The molecule has 2 bridgehead atoms. The molecule has 6 atom stereocenters. The highest BCUT2D eigenvalue weighted by atomic mass is 32.2. The Kier molecular flexibility index (Phi) is 6.91. The molecule has 3 fully saturated rings. The molecular formula is C20H25F6NO8S. The molecule has 0 spiro atoms. The lowest BCUT2D eigenvalue weighted by Crippen LogP contribution is -2.64. The van der Waals surface area contributed by atoms with E-state index in [4.69, 9.17) is 9.29 Å². The van der Waals surface area contributed by atoms with Crippen LogP contribution in [0.2, 0.25) is 0 Å². The average Bonchev–Trinajstić information content (AvgIpc) is 3.26. The fourth-order valence-electron chi connectivity index (χ4n) is 5.66. The zero-order chi connectivity index (χ0) is 27.8. The Morgan fingerprint density at radius 1 is 1.06 bits per heavy atom. The van der Waals surface area contributed by atoms with Gasteiger partial charge in [0.05, 0.1) is 23.8 Å². The summed E-state index contributed by atoms with van der Waals surface area (Å²) >= 11 is 0. The predicted molar refractivity (Wildman–Crippen MR) is 106 cm³/mol. The normalized spacial score (nSPS) is 30.5. The van der Waals surface area contributed by atoms with E-state index in [1.165, 1.54) is 18.7 Å². The third kappa shape index (κ3) is 4.43. The van der Waals surface area contributed by atoms with E-state index in [1.807, 2.05) is 0 Å². The Hall–Kier alpha value is -2.10. The van der Waals surface area contributed by atoms with E-state index < -0.39 is 99.4 Å². The van der Waals surface area contributed by atoms with Crippen LogP contribution in [-0.2, 0) is 34.0 Å². The SMILES string of the molecule is CC(C)C(=O)OC1C2CC3C(C(=O)N(C(C)C)C31)C2C(=O)OC(CS(=O)(=O)O)(C(F)(F)F)C(F)(F)F. The van der Waals surface area contributed by atoms with E-state index >= 15 is 0 Å². The zero-order valence-electron chi connectivity index (χ0n) is 19.5. The highest BCUT2D eigenvalue weighted by molar-refractivity contribution is 7.85. The van der Waals surface area contributed by atoms with E-state index in [0.29, 0.717) is 0 Å². The Bertz CT molecular complexity index is 1030. The number of halogens is 6. The van der Waals surface area contributed by atoms with Crippen molar-refractivity contribution >= 4 is 28.0 Å². The van der Waals surface area contributed by atoms with E-state index in [-0.39, 0.29) is 6.42 Å². The quantitative estimate of drug-likeness (QED) is 0.289. The van der Waals surface area contributed by atoms with Crippen molar-refractivity contribution in [2.24, 2.45) is 29.6 Å². The Labute approximate surface area is 202 Å². The number of carbonyl (C=O) groups is 3. The maximum atomic E-state index is 13.7. The summed E-state index contributed by atoms with van der Waals surface area (Å²) < 4.78 is 123. The summed E-state index contributed by atoms with van der Waals surface area (Å²) in [4.78, 5) is 39.7. The lowest BCUT2D eigenvalue weighted by atomic mass is 9.78. The van der Waals surface area contributed by atoms with Gasteiger partial charge in [-0.25, -0.2) is 0 Å². The maximum absolute atomic E-state index is 13.7. The van der Waals surface area contributed by atoms with Gasteiger partial charge in [-0.2, -0.15) is 34.8 Å². The molecule has 0 aromatic carbocycles. The van der Waals surface area contributed by atoms with Crippen molar-refractivity contribution in [1.82, 2.24) is 4.90 Å². The van der Waals surface area contributed by atoms with Crippen molar-refractivity contribution in [2.45, 2.75) is 70.3 Å². The first-order chi connectivity index (χ1) is 16.1. The summed E-state index contributed by atoms with van der Waals surface area (Å²) in [5.41, 5.74) is -5.59. The van der Waals surface area contributed by atoms with Crippen molar-refractivity contribution in [3.8, 4) is 0 Å². The van der Waals surface area contributed by atoms with Crippen LogP contribution in [0, 0.1) is 29.6 Å². The zero-order valence-corrected chi connectivity index (χ0v) is 20.3. The number of amides is 1. The number of esters is 2. The van der Waals surface area contributed by atoms with Crippen LogP contribution in [0.15, 0.2) is 0 Å². The van der Waals surface area contributed by atoms with Gasteiger partial charge in [0.2, 0.25) is 5.91 Å². The molecule has 0 radical (unpaired) electrons. The summed E-state index contributed by atoms with van der Waals surface area (Å²) in [6.07, 6.45) is -14.2. The van der Waals surface area contributed by atoms with E-state index in [1.54, 1.807) is 13.8 Å². The third-order valence-corrected chi connectivity index (χ3v) is 7.81.